The van der Waals surface area contributed by atoms with Crippen molar-refractivity contribution in [3.05, 3.63) is 70.4 Å². The molecule has 0 fully saturated rings. The third kappa shape index (κ3) is 1.68. The van der Waals surface area contributed by atoms with E-state index < -0.39 is 0 Å². The number of aromatic nitrogens is 2. The Morgan fingerprint density at radius 2 is 1.65 bits per heavy atom. The van der Waals surface area contributed by atoms with Gasteiger partial charge in [-0.1, -0.05) is 30.3 Å². The van der Waals surface area contributed by atoms with Crippen molar-refractivity contribution in [1.82, 2.24) is 4.73 Å². The van der Waals surface area contributed by atoms with E-state index in [2.05, 4.69) is 0 Å². The van der Waals surface area contributed by atoms with Gasteiger partial charge in [-0.3, -0.25) is 4.79 Å². The highest BCUT2D eigenvalue weighted by molar-refractivity contribution is 5.86. The van der Waals surface area contributed by atoms with Gasteiger partial charge >= 0.3 is 0 Å². The lowest BCUT2D eigenvalue weighted by Crippen LogP contribution is -2.25. The zero-order chi connectivity index (χ0) is 14.1. The van der Waals surface area contributed by atoms with Gasteiger partial charge in [0.15, 0.2) is 12.0 Å². The summed E-state index contributed by atoms with van der Waals surface area (Å²) >= 11 is 0. The van der Waals surface area contributed by atoms with Crippen molar-refractivity contribution >= 4 is 17.3 Å². The summed E-state index contributed by atoms with van der Waals surface area (Å²) in [5.41, 5.74) is 0.801. The summed E-state index contributed by atoms with van der Waals surface area (Å²) < 4.78 is 1.13. The summed E-state index contributed by atoms with van der Waals surface area (Å²) in [5.74, 6) is 0. The van der Waals surface area contributed by atoms with E-state index in [1.807, 2.05) is 0 Å². The predicted octanol–water partition coefficient (Wildman–Crippen LogP) is 2.38. The lowest BCUT2D eigenvalue weighted by Gasteiger charge is -2.15. The average molecular weight is 266 g/mol. The first kappa shape index (κ1) is 12.1. The van der Waals surface area contributed by atoms with Crippen molar-refractivity contribution in [3.8, 4) is 11.3 Å². The summed E-state index contributed by atoms with van der Waals surface area (Å²) in [4.78, 5) is 23.7. The Kier molecular flexibility index (Phi) is 2.80. The number of carbonyl (C=O) groups excluding carboxylic acids is 1. The maximum Gasteiger partial charge on any atom is 0.297 e. The monoisotopic (exact) mass is 266 g/mol. The van der Waals surface area contributed by atoms with Gasteiger partial charge in [-0.2, -0.15) is 0 Å². The van der Waals surface area contributed by atoms with Gasteiger partial charge in [0.2, 0.25) is 0 Å². The predicted molar refractivity (Wildman–Crippen MR) is 74.9 cm³/mol. The molecular weight excluding hydrogens is 256 g/mol. The molecule has 0 aliphatic heterocycles. The van der Waals surface area contributed by atoms with Gasteiger partial charge in [-0.25, -0.2) is 0 Å². The molecule has 20 heavy (non-hydrogen) atoms. The van der Waals surface area contributed by atoms with Crippen LogP contribution < -0.4 is 4.43 Å². The summed E-state index contributed by atoms with van der Waals surface area (Å²) in [6, 6.07) is 15.0. The molecule has 5 nitrogen and oxygen atoms in total. The Balaban J connectivity index is 2.52. The molecule has 3 rings (SSSR count). The van der Waals surface area contributed by atoms with E-state index in [4.69, 9.17) is 0 Å². The van der Waals surface area contributed by atoms with E-state index in [1.165, 1.54) is 6.07 Å². The molecule has 3 aromatic rings. The van der Waals surface area contributed by atoms with Crippen LogP contribution in [0.15, 0.2) is 54.6 Å². The number of benzene rings is 2. The first-order valence-corrected chi connectivity index (χ1v) is 6.02. The number of carbonyl (C=O) groups is 1. The molecule has 0 radical (unpaired) electrons. The van der Waals surface area contributed by atoms with Crippen LogP contribution in [0.5, 0.6) is 0 Å². The topological polar surface area (TPSA) is 68.0 Å². The summed E-state index contributed by atoms with van der Waals surface area (Å²) in [5, 5.41) is 12.2. The quantitative estimate of drug-likeness (QED) is 0.528. The summed E-state index contributed by atoms with van der Waals surface area (Å²) in [7, 11) is 0. The molecule has 2 aromatic carbocycles. The van der Waals surface area contributed by atoms with Gasteiger partial charge < -0.3 is 9.94 Å². The number of nitrogens with zero attached hydrogens (tertiary/aromatic N) is 2. The van der Waals surface area contributed by atoms with Crippen LogP contribution in [0.4, 0.5) is 0 Å². The van der Waals surface area contributed by atoms with Gasteiger partial charge in [0.05, 0.1) is 9.99 Å². The first-order chi connectivity index (χ1) is 9.74. The van der Waals surface area contributed by atoms with Crippen LogP contribution in [0.2, 0.25) is 0 Å². The molecule has 0 spiro atoms. The number of fused-ring (bicyclic) bond motifs is 1. The zero-order valence-corrected chi connectivity index (χ0v) is 10.4. The molecule has 1 heterocycles. The number of hydrogen-bond acceptors (Lipinski definition) is 3. The molecule has 0 amide bonds. The van der Waals surface area contributed by atoms with Crippen molar-refractivity contribution in [2.24, 2.45) is 0 Å². The van der Waals surface area contributed by atoms with Crippen molar-refractivity contribution in [1.29, 1.82) is 0 Å². The van der Waals surface area contributed by atoms with E-state index in [0.29, 0.717) is 21.0 Å². The SMILES string of the molecule is O=Cc1c(-c2ccccc2)[n+](=O)c2ccccc2n1[O-]. The van der Waals surface area contributed by atoms with Gasteiger partial charge in [-0.15, -0.1) is 0 Å². The van der Waals surface area contributed by atoms with Crippen LogP contribution in [0.3, 0.4) is 0 Å². The highest BCUT2D eigenvalue weighted by Crippen LogP contribution is 2.21. The molecule has 0 bridgehead atoms. The zero-order valence-electron chi connectivity index (χ0n) is 10.4. The fourth-order valence-electron chi connectivity index (χ4n) is 2.22. The largest absolute Gasteiger partial charge is 0.805 e. The van der Waals surface area contributed by atoms with Crippen molar-refractivity contribution in [2.45, 2.75) is 0 Å². The molecule has 0 aliphatic carbocycles. The summed E-state index contributed by atoms with van der Waals surface area (Å²) in [6.45, 7) is 0. The van der Waals surface area contributed by atoms with E-state index >= 15 is 0 Å². The van der Waals surface area contributed by atoms with Crippen LogP contribution in [-0.4, -0.2) is 11.0 Å². The summed E-state index contributed by atoms with van der Waals surface area (Å²) in [6.07, 6.45) is 0.413. The fraction of sp³-hybridized carbons (Fsp3) is 0. The second kappa shape index (κ2) is 4.62. The second-order valence-electron chi connectivity index (χ2n) is 4.30. The highest BCUT2D eigenvalue weighted by atomic mass is 16.5. The minimum atomic E-state index is -0.190. The molecule has 0 saturated carbocycles. The molecular formula is C15H10N2O3. The van der Waals surface area contributed by atoms with E-state index in [0.717, 1.165) is 0 Å². The van der Waals surface area contributed by atoms with Crippen LogP contribution in [-0.2, 0) is 0 Å². The Morgan fingerprint density at radius 1 is 1.00 bits per heavy atom. The number of rotatable bonds is 2. The molecule has 0 aliphatic rings. The van der Waals surface area contributed by atoms with E-state index in [9.17, 15) is 14.9 Å². The van der Waals surface area contributed by atoms with Crippen LogP contribution in [0, 0.1) is 10.1 Å². The van der Waals surface area contributed by atoms with Gasteiger partial charge in [0, 0.05) is 11.0 Å². The number of hydrogen-bond donors (Lipinski definition) is 0. The molecule has 1 aromatic heterocycles. The Morgan fingerprint density at radius 3 is 2.35 bits per heavy atom. The normalized spacial score (nSPS) is 10.6. The maximum absolute atomic E-state index is 12.5. The first-order valence-electron chi connectivity index (χ1n) is 6.02. The van der Waals surface area contributed by atoms with Crippen LogP contribution >= 0.6 is 0 Å². The lowest BCUT2D eigenvalue weighted by molar-refractivity contribution is -0.451. The molecule has 98 valence electrons. The molecule has 0 N–H and O–H groups in total. The Bertz CT molecular complexity index is 854. The minimum absolute atomic E-state index is 0.0642. The van der Waals surface area contributed by atoms with E-state index in [-0.39, 0.29) is 22.4 Å². The average Bonchev–Trinajstić information content (AvgIpc) is 2.51. The maximum atomic E-state index is 12.5. The molecule has 0 unspecified atom stereocenters. The second-order valence-corrected chi connectivity index (χ2v) is 4.30. The third-order valence-electron chi connectivity index (χ3n) is 3.14. The van der Waals surface area contributed by atoms with Crippen molar-refractivity contribution < 1.29 is 9.22 Å². The fourth-order valence-corrected chi connectivity index (χ4v) is 2.22. The van der Waals surface area contributed by atoms with Crippen molar-refractivity contribution in [2.75, 3.05) is 0 Å². The van der Waals surface area contributed by atoms with Gasteiger partial charge in [0.1, 0.15) is 5.52 Å². The number of aldehydes is 1. The minimum Gasteiger partial charge on any atom is -0.805 e. The lowest BCUT2D eigenvalue weighted by atomic mass is 10.1. The molecule has 5 heteroatoms. The van der Waals surface area contributed by atoms with Crippen LogP contribution in [0.1, 0.15) is 10.5 Å². The van der Waals surface area contributed by atoms with Gasteiger partial charge in [-0.05, 0) is 18.2 Å². The van der Waals surface area contributed by atoms with Gasteiger partial charge in [0.25, 0.3) is 11.2 Å². The third-order valence-corrected chi connectivity index (χ3v) is 3.14. The standard InChI is InChI=1S/C15H10N2O3/c18-10-14-15(11-6-2-1-3-7-11)17(20)13-9-5-4-8-12(13)16(14)19/h1-10H. The molecule has 0 atom stereocenters. The molecule has 0 saturated heterocycles. The Hall–Kier alpha value is -2.95. The smallest absolute Gasteiger partial charge is 0.297 e. The highest BCUT2D eigenvalue weighted by Gasteiger charge is 2.23. The van der Waals surface area contributed by atoms with Crippen LogP contribution in [0.25, 0.3) is 22.3 Å². The van der Waals surface area contributed by atoms with Crippen molar-refractivity contribution in [3.63, 3.8) is 0 Å². The number of para-hydroxylation sites is 2. The Labute approximate surface area is 113 Å². The van der Waals surface area contributed by atoms with E-state index in [1.54, 1.807) is 48.5 Å².